The van der Waals surface area contributed by atoms with Gasteiger partial charge in [0.1, 0.15) is 11.5 Å². The third kappa shape index (κ3) is 6.92. The molecule has 8 nitrogen and oxygen atoms in total. The van der Waals surface area contributed by atoms with Crippen LogP contribution < -0.4 is 9.64 Å². The van der Waals surface area contributed by atoms with Crippen LogP contribution in [0.5, 0.6) is 5.75 Å². The van der Waals surface area contributed by atoms with Gasteiger partial charge in [0, 0.05) is 42.4 Å². The number of carboxylic acid groups (broad SMARTS) is 1. The summed E-state index contributed by atoms with van der Waals surface area (Å²) in [6.45, 7) is 13.4. The highest BCUT2D eigenvalue weighted by Gasteiger charge is 2.37. The van der Waals surface area contributed by atoms with Crippen molar-refractivity contribution in [1.29, 1.82) is 0 Å². The summed E-state index contributed by atoms with van der Waals surface area (Å²) in [5.41, 5.74) is 4.09. The molecule has 2 atom stereocenters. The molecule has 0 radical (unpaired) electrons. The van der Waals surface area contributed by atoms with Crippen LogP contribution in [-0.4, -0.2) is 57.5 Å². The molecule has 47 heavy (non-hydrogen) atoms. The minimum absolute atomic E-state index is 0.213. The molecule has 2 aromatic heterocycles. The van der Waals surface area contributed by atoms with E-state index in [0.717, 1.165) is 35.3 Å². The Morgan fingerprint density at radius 1 is 1.11 bits per heavy atom. The number of hydrogen-bond acceptors (Lipinski definition) is 6. The molecule has 0 aliphatic carbocycles. The number of carboxylic acids is 1. The SMILES string of the molecule is Cc1cc2nc3cn2c(c1C(OC(C)(C)C)C(=O)O)N1CCC(C)(CC1)OCC=CCC(C)Oc1c(F)cccc1-c1cccc-3c1. The van der Waals surface area contributed by atoms with Crippen LogP contribution in [0.3, 0.4) is 0 Å². The monoisotopic (exact) mass is 641 g/mol. The summed E-state index contributed by atoms with van der Waals surface area (Å²) in [5.74, 6) is -0.488. The normalized spacial score (nSPS) is 21.0. The first-order valence-corrected chi connectivity index (χ1v) is 16.3. The van der Waals surface area contributed by atoms with Gasteiger partial charge in [-0.25, -0.2) is 14.2 Å². The summed E-state index contributed by atoms with van der Waals surface area (Å²) in [4.78, 5) is 20.1. The van der Waals surface area contributed by atoms with Gasteiger partial charge in [-0.3, -0.25) is 4.40 Å². The number of aromatic nitrogens is 2. The summed E-state index contributed by atoms with van der Waals surface area (Å²) < 4.78 is 36.0. The molecular formula is C38H44FN3O5. The Kier molecular flexibility index (Phi) is 8.89. The van der Waals surface area contributed by atoms with Gasteiger partial charge in [-0.2, -0.15) is 0 Å². The maximum atomic E-state index is 15.2. The predicted molar refractivity (Wildman–Crippen MR) is 182 cm³/mol. The van der Waals surface area contributed by atoms with E-state index in [1.54, 1.807) is 6.07 Å². The van der Waals surface area contributed by atoms with Crippen LogP contribution in [0.15, 0.2) is 66.9 Å². The molecule has 0 spiro atoms. The minimum Gasteiger partial charge on any atom is -0.487 e. The van der Waals surface area contributed by atoms with Gasteiger partial charge in [-0.05, 0) is 83.7 Å². The number of para-hydroxylation sites is 1. The highest BCUT2D eigenvalue weighted by molar-refractivity contribution is 5.80. The summed E-state index contributed by atoms with van der Waals surface area (Å²) in [6.07, 6.45) is 6.66. The number of aryl methyl sites for hydroxylation is 1. The average Bonchev–Trinajstić information content (AvgIpc) is 3.43. The first kappa shape index (κ1) is 32.7. The van der Waals surface area contributed by atoms with Gasteiger partial charge in [0.25, 0.3) is 0 Å². The van der Waals surface area contributed by atoms with Crippen molar-refractivity contribution < 1.29 is 28.5 Å². The molecule has 2 aromatic carbocycles. The van der Waals surface area contributed by atoms with Crippen LogP contribution in [0.25, 0.3) is 28.0 Å². The van der Waals surface area contributed by atoms with E-state index in [9.17, 15) is 9.90 Å². The lowest BCUT2D eigenvalue weighted by Crippen LogP contribution is -2.45. The molecule has 0 saturated carbocycles. The van der Waals surface area contributed by atoms with Gasteiger partial charge in [0.15, 0.2) is 17.7 Å². The predicted octanol–water partition coefficient (Wildman–Crippen LogP) is 8.16. The molecule has 1 fully saturated rings. The summed E-state index contributed by atoms with van der Waals surface area (Å²) in [6, 6.07) is 14.7. The Hall–Kier alpha value is -4.21. The van der Waals surface area contributed by atoms with Crippen LogP contribution in [0.1, 0.15) is 71.1 Å². The van der Waals surface area contributed by atoms with Crippen LogP contribution in [0.4, 0.5) is 10.2 Å². The largest absolute Gasteiger partial charge is 0.487 e. The maximum absolute atomic E-state index is 15.2. The van der Waals surface area contributed by atoms with E-state index >= 15 is 4.39 Å². The number of piperidine rings is 1. The van der Waals surface area contributed by atoms with Gasteiger partial charge in [-0.1, -0.05) is 42.5 Å². The Labute approximate surface area is 275 Å². The molecule has 4 aromatic rings. The number of nitrogens with zero attached hydrogens (tertiary/aromatic N) is 3. The smallest absolute Gasteiger partial charge is 0.337 e. The van der Waals surface area contributed by atoms with Crippen molar-refractivity contribution in [3.8, 4) is 28.1 Å². The van der Waals surface area contributed by atoms with Crippen LogP contribution in [-0.2, 0) is 14.3 Å². The summed E-state index contributed by atoms with van der Waals surface area (Å²) in [5, 5.41) is 10.5. The van der Waals surface area contributed by atoms with E-state index in [0.29, 0.717) is 48.6 Å². The maximum Gasteiger partial charge on any atom is 0.337 e. The number of halogens is 1. The van der Waals surface area contributed by atoms with E-state index in [1.165, 1.54) is 6.07 Å². The van der Waals surface area contributed by atoms with Gasteiger partial charge in [0.2, 0.25) is 0 Å². The number of pyridine rings is 1. The number of fused-ring (bicyclic) bond motifs is 7. The first-order valence-electron chi connectivity index (χ1n) is 16.3. The molecule has 3 aliphatic heterocycles. The third-order valence-corrected chi connectivity index (χ3v) is 8.97. The Morgan fingerprint density at radius 3 is 2.55 bits per heavy atom. The fraction of sp³-hybridized carbons (Fsp3) is 0.421. The summed E-state index contributed by atoms with van der Waals surface area (Å²) in [7, 11) is 0. The van der Waals surface area contributed by atoms with E-state index < -0.39 is 23.5 Å². The molecule has 9 heteroatoms. The zero-order valence-electron chi connectivity index (χ0n) is 28.0. The molecule has 5 heterocycles. The lowest BCUT2D eigenvalue weighted by molar-refractivity contribution is -0.160. The zero-order chi connectivity index (χ0) is 33.5. The van der Waals surface area contributed by atoms with Gasteiger partial charge >= 0.3 is 5.97 Å². The molecule has 6 bridgehead atoms. The lowest BCUT2D eigenvalue weighted by Gasteiger charge is -2.41. The Balaban J connectivity index is 1.55. The van der Waals surface area contributed by atoms with Gasteiger partial charge < -0.3 is 24.2 Å². The van der Waals surface area contributed by atoms with E-state index in [4.69, 9.17) is 19.2 Å². The number of rotatable bonds is 3. The molecule has 0 amide bonds. The number of hydrogen-bond donors (Lipinski definition) is 1. The van der Waals surface area contributed by atoms with E-state index in [1.807, 2.05) is 93.8 Å². The third-order valence-electron chi connectivity index (χ3n) is 8.97. The number of benzene rings is 2. The molecule has 1 saturated heterocycles. The topological polar surface area (TPSA) is 85.5 Å². The minimum atomic E-state index is -1.18. The number of aliphatic carboxylic acids is 1. The molecular weight excluding hydrogens is 597 g/mol. The number of carbonyl (C=O) groups is 1. The molecule has 2 unspecified atom stereocenters. The standard InChI is InChI=1S/C38H44FN3O5/c1-24-21-31-40-30-23-42(31)35(32(24)34(36(43)44)47-37(3,4)5)41-18-16-38(6,17-19-41)45-20-8-7-11-25(2)46-33-28(14-10-15-29(33)39)26-12-9-13-27(30)22-26/h7-10,12-15,21-23,25,34H,11,16-20H2,1-6H3,(H,43,44). The molecule has 3 aliphatic rings. The average molecular weight is 642 g/mol. The molecule has 1 N–H and O–H groups in total. The number of imidazole rings is 1. The highest BCUT2D eigenvalue weighted by Crippen LogP contribution is 2.40. The van der Waals surface area contributed by atoms with Crippen molar-refractivity contribution in [2.75, 3.05) is 24.6 Å². The number of ether oxygens (including phenoxy) is 3. The second-order valence-electron chi connectivity index (χ2n) is 13.9. The zero-order valence-corrected chi connectivity index (χ0v) is 28.0. The van der Waals surface area contributed by atoms with Crippen LogP contribution in [0, 0.1) is 12.7 Å². The van der Waals surface area contributed by atoms with Crippen molar-refractivity contribution in [1.82, 2.24) is 9.38 Å². The fourth-order valence-electron chi connectivity index (χ4n) is 6.51. The fourth-order valence-corrected chi connectivity index (χ4v) is 6.51. The van der Waals surface area contributed by atoms with Crippen LogP contribution in [0.2, 0.25) is 0 Å². The van der Waals surface area contributed by atoms with Crippen molar-refractivity contribution in [3.63, 3.8) is 0 Å². The number of anilines is 1. The van der Waals surface area contributed by atoms with Gasteiger partial charge in [-0.15, -0.1) is 0 Å². The second kappa shape index (κ2) is 12.8. The van der Waals surface area contributed by atoms with Crippen LogP contribution >= 0.6 is 0 Å². The quantitative estimate of drug-likeness (QED) is 0.226. The molecule has 7 rings (SSSR count). The van der Waals surface area contributed by atoms with Crippen molar-refractivity contribution in [3.05, 3.63) is 83.8 Å². The highest BCUT2D eigenvalue weighted by atomic mass is 19.1. The summed E-state index contributed by atoms with van der Waals surface area (Å²) >= 11 is 0. The van der Waals surface area contributed by atoms with Gasteiger partial charge in [0.05, 0.1) is 29.6 Å². The lowest BCUT2D eigenvalue weighted by atomic mass is 9.92. The van der Waals surface area contributed by atoms with Crippen molar-refractivity contribution in [2.24, 2.45) is 0 Å². The Morgan fingerprint density at radius 2 is 1.83 bits per heavy atom. The first-order chi connectivity index (χ1) is 22.3. The molecule has 248 valence electrons. The Bertz CT molecular complexity index is 1820. The van der Waals surface area contributed by atoms with Crippen molar-refractivity contribution in [2.45, 2.75) is 84.2 Å². The second-order valence-corrected chi connectivity index (χ2v) is 13.9. The van der Waals surface area contributed by atoms with E-state index in [-0.39, 0.29) is 17.5 Å². The van der Waals surface area contributed by atoms with Crippen molar-refractivity contribution >= 4 is 17.4 Å². The van der Waals surface area contributed by atoms with E-state index in [2.05, 4.69) is 11.8 Å².